The highest BCUT2D eigenvalue weighted by molar-refractivity contribution is 5.93. The lowest BCUT2D eigenvalue weighted by Gasteiger charge is -2.21. The highest BCUT2D eigenvalue weighted by atomic mass is 19.3. The standard InChI is InChI=1S/C18H19F3N2O2/c1-12(17(24)22-15-7-5-14(19)6-8-15)23(2)11-13-3-9-16(10-4-13)25-18(20)21/h3-10,12,18H,11H2,1-2H3,(H,22,24)/p+1/t12-/m1/s1. The second-order valence-electron chi connectivity index (χ2n) is 5.76. The number of rotatable bonds is 7. The van der Waals surface area contributed by atoms with Crippen LogP contribution in [0.1, 0.15) is 12.5 Å². The van der Waals surface area contributed by atoms with Crippen LogP contribution in [0.5, 0.6) is 5.75 Å². The Labute approximate surface area is 144 Å². The zero-order valence-electron chi connectivity index (χ0n) is 13.9. The van der Waals surface area contributed by atoms with Crippen LogP contribution in [0.3, 0.4) is 0 Å². The van der Waals surface area contributed by atoms with Gasteiger partial charge in [0, 0.05) is 11.3 Å². The van der Waals surface area contributed by atoms with Crippen molar-refractivity contribution in [2.45, 2.75) is 26.1 Å². The van der Waals surface area contributed by atoms with E-state index in [1.807, 2.05) is 7.05 Å². The van der Waals surface area contributed by atoms with Crippen molar-refractivity contribution in [1.82, 2.24) is 0 Å². The third-order valence-electron chi connectivity index (χ3n) is 3.88. The van der Waals surface area contributed by atoms with Gasteiger partial charge in [-0.05, 0) is 55.5 Å². The summed E-state index contributed by atoms with van der Waals surface area (Å²) < 4.78 is 41.5. The Kier molecular flexibility index (Phi) is 6.41. The van der Waals surface area contributed by atoms with Crippen LogP contribution < -0.4 is 15.0 Å². The molecule has 2 N–H and O–H groups in total. The molecular formula is C18H20F3N2O2+. The number of amides is 1. The van der Waals surface area contributed by atoms with Crippen molar-refractivity contribution in [3.8, 4) is 5.75 Å². The number of nitrogens with one attached hydrogen (secondary N) is 2. The van der Waals surface area contributed by atoms with E-state index in [0.717, 1.165) is 10.5 Å². The molecule has 0 aromatic heterocycles. The molecule has 2 aromatic carbocycles. The normalized spacial score (nSPS) is 13.4. The molecule has 7 heteroatoms. The lowest BCUT2D eigenvalue weighted by atomic mass is 10.1. The molecule has 25 heavy (non-hydrogen) atoms. The average molecular weight is 353 g/mol. The molecular weight excluding hydrogens is 333 g/mol. The van der Waals surface area contributed by atoms with E-state index in [1.54, 1.807) is 19.1 Å². The summed E-state index contributed by atoms with van der Waals surface area (Å²) in [6.07, 6.45) is 0. The number of benzene rings is 2. The Morgan fingerprint density at radius 1 is 1.12 bits per heavy atom. The monoisotopic (exact) mass is 353 g/mol. The maximum atomic E-state index is 12.9. The van der Waals surface area contributed by atoms with Crippen molar-refractivity contribution in [3.63, 3.8) is 0 Å². The maximum Gasteiger partial charge on any atom is 0.387 e. The van der Waals surface area contributed by atoms with E-state index in [2.05, 4.69) is 10.1 Å². The fourth-order valence-electron chi connectivity index (χ4n) is 2.27. The zero-order chi connectivity index (χ0) is 18.4. The van der Waals surface area contributed by atoms with Crippen LogP contribution in [-0.4, -0.2) is 25.6 Å². The molecule has 0 heterocycles. The van der Waals surface area contributed by atoms with Gasteiger partial charge in [-0.2, -0.15) is 8.78 Å². The summed E-state index contributed by atoms with van der Waals surface area (Å²) in [5.74, 6) is -0.465. The Morgan fingerprint density at radius 2 is 1.72 bits per heavy atom. The minimum absolute atomic E-state index is 0.0958. The SMILES string of the molecule is C[C@H](C(=O)Nc1ccc(F)cc1)[NH+](C)Cc1ccc(OC(F)F)cc1. The van der Waals surface area contributed by atoms with Gasteiger partial charge in [-0.25, -0.2) is 4.39 Å². The van der Waals surface area contributed by atoms with Crippen molar-refractivity contribution in [3.05, 3.63) is 59.9 Å². The van der Waals surface area contributed by atoms with Crippen LogP contribution in [0.2, 0.25) is 0 Å². The third kappa shape index (κ3) is 5.79. The summed E-state index contributed by atoms with van der Waals surface area (Å²) >= 11 is 0. The largest absolute Gasteiger partial charge is 0.435 e. The predicted octanol–water partition coefficient (Wildman–Crippen LogP) is 2.47. The van der Waals surface area contributed by atoms with E-state index >= 15 is 0 Å². The molecule has 0 spiro atoms. The number of quaternary nitrogens is 1. The van der Waals surface area contributed by atoms with E-state index in [4.69, 9.17) is 0 Å². The topological polar surface area (TPSA) is 42.8 Å². The molecule has 2 atom stereocenters. The van der Waals surface area contributed by atoms with E-state index in [0.29, 0.717) is 12.2 Å². The van der Waals surface area contributed by atoms with Crippen LogP contribution in [-0.2, 0) is 11.3 Å². The maximum absolute atomic E-state index is 12.9. The lowest BCUT2D eigenvalue weighted by Crippen LogP contribution is -3.12. The Bertz CT molecular complexity index is 690. The molecule has 1 unspecified atom stereocenters. The highest BCUT2D eigenvalue weighted by Gasteiger charge is 2.22. The van der Waals surface area contributed by atoms with Crippen molar-refractivity contribution in [2.75, 3.05) is 12.4 Å². The first kappa shape index (κ1) is 18.8. The smallest absolute Gasteiger partial charge is 0.387 e. The summed E-state index contributed by atoms with van der Waals surface area (Å²) in [7, 11) is 1.86. The van der Waals surface area contributed by atoms with Crippen molar-refractivity contribution < 1.29 is 27.6 Å². The number of hydrogen-bond donors (Lipinski definition) is 2. The van der Waals surface area contributed by atoms with Crippen LogP contribution in [0.25, 0.3) is 0 Å². The Morgan fingerprint density at radius 3 is 2.28 bits per heavy atom. The van der Waals surface area contributed by atoms with E-state index in [9.17, 15) is 18.0 Å². The van der Waals surface area contributed by atoms with Gasteiger partial charge in [0.2, 0.25) is 0 Å². The minimum Gasteiger partial charge on any atom is -0.435 e. The van der Waals surface area contributed by atoms with Gasteiger partial charge in [0.15, 0.2) is 6.04 Å². The van der Waals surface area contributed by atoms with Gasteiger partial charge < -0.3 is 15.0 Å². The molecule has 0 saturated heterocycles. The molecule has 0 bridgehead atoms. The van der Waals surface area contributed by atoms with Gasteiger partial charge in [-0.1, -0.05) is 0 Å². The molecule has 0 saturated carbocycles. The first-order valence-corrected chi connectivity index (χ1v) is 7.77. The van der Waals surface area contributed by atoms with Crippen LogP contribution >= 0.6 is 0 Å². The summed E-state index contributed by atoms with van der Waals surface area (Å²) in [5, 5.41) is 2.74. The Balaban J connectivity index is 1.91. The van der Waals surface area contributed by atoms with Crippen molar-refractivity contribution in [1.29, 1.82) is 0 Å². The van der Waals surface area contributed by atoms with Gasteiger partial charge >= 0.3 is 6.61 Å². The number of alkyl halides is 2. The molecule has 1 amide bonds. The number of halogens is 3. The van der Waals surface area contributed by atoms with Gasteiger partial charge in [-0.15, -0.1) is 0 Å². The number of carbonyl (C=O) groups excluding carboxylic acids is 1. The number of ether oxygens (including phenoxy) is 1. The number of anilines is 1. The summed E-state index contributed by atoms with van der Waals surface area (Å²) in [6.45, 7) is -0.538. The fraction of sp³-hybridized carbons (Fsp3) is 0.278. The van der Waals surface area contributed by atoms with Gasteiger partial charge in [-0.3, -0.25) is 4.79 Å². The first-order chi connectivity index (χ1) is 11.8. The lowest BCUT2D eigenvalue weighted by molar-refractivity contribution is -0.907. The third-order valence-corrected chi connectivity index (χ3v) is 3.88. The second kappa shape index (κ2) is 8.53. The molecule has 2 aromatic rings. The Hall–Kier alpha value is -2.54. The van der Waals surface area contributed by atoms with E-state index < -0.39 is 6.61 Å². The highest BCUT2D eigenvalue weighted by Crippen LogP contribution is 2.14. The number of likely N-dealkylation sites (N-methyl/N-ethyl adjacent to an activating group) is 1. The van der Waals surface area contributed by atoms with Crippen molar-refractivity contribution in [2.24, 2.45) is 0 Å². The quantitative estimate of drug-likeness (QED) is 0.803. The molecule has 0 aliphatic heterocycles. The van der Waals surface area contributed by atoms with Crippen molar-refractivity contribution >= 4 is 11.6 Å². The fourth-order valence-corrected chi connectivity index (χ4v) is 2.27. The van der Waals surface area contributed by atoms with E-state index in [1.165, 1.54) is 36.4 Å². The first-order valence-electron chi connectivity index (χ1n) is 7.77. The van der Waals surface area contributed by atoms with Gasteiger partial charge in [0.1, 0.15) is 18.1 Å². The zero-order valence-corrected chi connectivity index (χ0v) is 13.9. The summed E-state index contributed by atoms with van der Waals surface area (Å²) in [4.78, 5) is 13.2. The molecule has 0 aliphatic rings. The van der Waals surface area contributed by atoms with E-state index in [-0.39, 0.29) is 23.5 Å². The molecule has 0 radical (unpaired) electrons. The molecule has 4 nitrogen and oxygen atoms in total. The molecule has 2 rings (SSSR count). The van der Waals surface area contributed by atoms with Gasteiger partial charge in [0.25, 0.3) is 5.91 Å². The number of carbonyl (C=O) groups is 1. The summed E-state index contributed by atoms with van der Waals surface area (Å²) in [5.41, 5.74) is 1.42. The number of hydrogen-bond acceptors (Lipinski definition) is 2. The molecule has 0 fully saturated rings. The molecule has 0 aliphatic carbocycles. The average Bonchev–Trinajstić information content (AvgIpc) is 2.57. The van der Waals surface area contributed by atoms with Gasteiger partial charge in [0.05, 0.1) is 7.05 Å². The molecule has 134 valence electrons. The second-order valence-corrected chi connectivity index (χ2v) is 5.76. The predicted molar refractivity (Wildman–Crippen MR) is 88.2 cm³/mol. The summed E-state index contributed by atoms with van der Waals surface area (Å²) in [6, 6.07) is 11.5. The van der Waals surface area contributed by atoms with Crippen LogP contribution in [0.4, 0.5) is 18.9 Å². The van der Waals surface area contributed by atoms with Crippen LogP contribution in [0, 0.1) is 5.82 Å². The van der Waals surface area contributed by atoms with Crippen LogP contribution in [0.15, 0.2) is 48.5 Å². The minimum atomic E-state index is -2.85.